The molecule has 1 unspecified atom stereocenters. The number of hydrogen-bond acceptors (Lipinski definition) is 17. The molecule has 2 aliphatic heterocycles. The molecule has 25 heteroatoms. The molecule has 1 fully saturated rings. The SMILES string of the molecule is COCCOCCOCCOCCC(=O)NCCCC[C@H](NC(=O)[C@@H](NC(=O)CCCC(=O)O)C(C)C)C(=O)NCc1ccc([C@H]2O[C@@H]2[C@@H](C)[C@@H]2C/C=C/C(=O)NC(Cc3ccc(OC)c(Cl)c3)C(=O)NCC(C)(C)C(=O)O[C@@H](CC(C)C)C(=O)O2)cc1. The minimum atomic E-state index is -1.30. The van der Waals surface area contributed by atoms with E-state index in [4.69, 9.17) is 54.6 Å². The maximum absolute atomic E-state index is 14.0. The van der Waals surface area contributed by atoms with Crippen LogP contribution in [0, 0.1) is 23.2 Å². The average Bonchev–Trinajstić information content (AvgIpc) is 3.00. The zero-order valence-electron chi connectivity index (χ0n) is 52.4. The molecule has 8 atom stereocenters. The Morgan fingerprint density at radius 1 is 0.773 bits per heavy atom. The Bertz CT molecular complexity index is 2620. The van der Waals surface area contributed by atoms with Gasteiger partial charge in [-0.15, -0.1) is 0 Å². The topological polar surface area (TPSA) is 323 Å². The number of amides is 6. The van der Waals surface area contributed by atoms with Gasteiger partial charge < -0.3 is 74.9 Å². The lowest BCUT2D eigenvalue weighted by molar-refractivity contribution is -0.179. The maximum atomic E-state index is 14.0. The highest BCUT2D eigenvalue weighted by molar-refractivity contribution is 6.32. The fourth-order valence-corrected chi connectivity index (χ4v) is 9.59. The number of unbranched alkanes of at least 4 members (excludes halogenated alkanes) is 1. The van der Waals surface area contributed by atoms with E-state index in [-0.39, 0.29) is 88.8 Å². The molecule has 24 nitrogen and oxygen atoms in total. The smallest absolute Gasteiger partial charge is 0.347 e. The van der Waals surface area contributed by atoms with E-state index in [1.807, 2.05) is 45.0 Å². The molecule has 1 saturated heterocycles. The predicted octanol–water partition coefficient (Wildman–Crippen LogP) is 4.99. The number of carbonyl (C=O) groups is 9. The summed E-state index contributed by atoms with van der Waals surface area (Å²) in [5.41, 5.74) is 0.865. The quantitative estimate of drug-likeness (QED) is 0.0268. The minimum Gasteiger partial charge on any atom is -0.495 e. The van der Waals surface area contributed by atoms with E-state index in [0.717, 1.165) is 11.1 Å². The number of aliphatic carboxylic acids is 1. The van der Waals surface area contributed by atoms with Crippen LogP contribution in [-0.2, 0) is 89.3 Å². The summed E-state index contributed by atoms with van der Waals surface area (Å²) in [5, 5.41) is 26.2. The standard InChI is InChI=1S/C63H93ClN6O18/c1-39(2)34-50-61(79)86-48(15-12-16-52(72)68-47(36-43-21-24-49(82-9)45(64)35-43)59(77)67-38-63(6,7)62(80)87-50)41(5)56-57(88-56)44-22-19-42(20-23-44)37-66-58(76)46(69-60(78)55(40(3)4)70-53(73)17-13-18-54(74)75)14-10-11-26-65-51(71)25-27-83-30-31-85-33-32-84-29-28-81-8/h12,16,19-24,35,39-41,46-48,50,55-57H,10-11,13-15,17-18,25-34,36-38H2,1-9H3,(H,65,71)(H,66,76)(H,67,77)(H,68,72)(H,69,78)(H,70,73)(H,74,75)/b16-12+/t41-,46-,47?,48-,50-,55-,56+,57+/m0/s1. The lowest BCUT2D eigenvalue weighted by Crippen LogP contribution is -2.55. The summed E-state index contributed by atoms with van der Waals surface area (Å²) in [6.45, 7) is 15.2. The molecule has 6 amide bonds. The number of carboxylic acids is 1. The van der Waals surface area contributed by atoms with Gasteiger partial charge >= 0.3 is 17.9 Å². The molecule has 490 valence electrons. The molecule has 0 spiro atoms. The van der Waals surface area contributed by atoms with Crippen LogP contribution in [0.5, 0.6) is 5.75 Å². The van der Waals surface area contributed by atoms with Gasteiger partial charge in [0.1, 0.15) is 36.1 Å². The first kappa shape index (κ1) is 73.8. The van der Waals surface area contributed by atoms with Crippen LogP contribution in [0.2, 0.25) is 5.02 Å². The van der Waals surface area contributed by atoms with Crippen molar-refractivity contribution in [2.24, 2.45) is 23.2 Å². The number of halogens is 1. The van der Waals surface area contributed by atoms with Gasteiger partial charge in [-0.05, 0) is 92.7 Å². The highest BCUT2D eigenvalue weighted by Gasteiger charge is 2.48. The van der Waals surface area contributed by atoms with Crippen molar-refractivity contribution in [3.8, 4) is 5.75 Å². The van der Waals surface area contributed by atoms with Crippen LogP contribution >= 0.6 is 11.6 Å². The summed E-state index contributed by atoms with van der Waals surface area (Å²) in [4.78, 5) is 119. The van der Waals surface area contributed by atoms with Crippen LogP contribution in [0.1, 0.15) is 129 Å². The summed E-state index contributed by atoms with van der Waals surface area (Å²) in [5.74, 6) is -5.92. The van der Waals surface area contributed by atoms with Gasteiger partial charge in [-0.25, -0.2) is 4.79 Å². The molecule has 0 radical (unpaired) electrons. The van der Waals surface area contributed by atoms with Crippen LogP contribution in [0.3, 0.4) is 0 Å². The van der Waals surface area contributed by atoms with Crippen molar-refractivity contribution in [1.29, 1.82) is 0 Å². The number of carbonyl (C=O) groups excluding carboxylic acids is 8. The van der Waals surface area contributed by atoms with E-state index < -0.39 is 101 Å². The van der Waals surface area contributed by atoms with Crippen molar-refractivity contribution in [3.05, 3.63) is 76.3 Å². The summed E-state index contributed by atoms with van der Waals surface area (Å²) in [6, 6.07) is 9.26. The molecular formula is C63H93ClN6O18. The third-order valence-corrected chi connectivity index (χ3v) is 14.9. The van der Waals surface area contributed by atoms with Crippen molar-refractivity contribution in [3.63, 3.8) is 0 Å². The summed E-state index contributed by atoms with van der Waals surface area (Å²) < 4.78 is 44.8. The van der Waals surface area contributed by atoms with E-state index >= 15 is 0 Å². The van der Waals surface area contributed by atoms with E-state index in [1.54, 1.807) is 59.1 Å². The zero-order valence-corrected chi connectivity index (χ0v) is 53.1. The molecule has 0 bridgehead atoms. The first-order valence-corrected chi connectivity index (χ1v) is 30.6. The third-order valence-electron chi connectivity index (χ3n) is 14.6. The number of nitrogens with one attached hydrogen (secondary N) is 6. The van der Waals surface area contributed by atoms with Crippen molar-refractivity contribution in [1.82, 2.24) is 31.9 Å². The Hall–Kier alpha value is -6.70. The molecule has 2 aromatic rings. The Morgan fingerprint density at radius 3 is 2.08 bits per heavy atom. The molecule has 0 aliphatic carbocycles. The van der Waals surface area contributed by atoms with Gasteiger partial charge in [-0.3, -0.25) is 38.4 Å². The Balaban J connectivity index is 1.42. The first-order chi connectivity index (χ1) is 41.9. The molecule has 2 aliphatic rings. The van der Waals surface area contributed by atoms with E-state index in [0.29, 0.717) is 75.4 Å². The Morgan fingerprint density at radius 2 is 1.44 bits per heavy atom. The number of esters is 2. The number of ether oxygens (including phenoxy) is 8. The van der Waals surface area contributed by atoms with Gasteiger partial charge in [0.25, 0.3) is 0 Å². The molecule has 2 aromatic carbocycles. The van der Waals surface area contributed by atoms with E-state index in [2.05, 4.69) is 31.9 Å². The zero-order chi connectivity index (χ0) is 64.8. The van der Waals surface area contributed by atoms with Crippen molar-refractivity contribution in [2.45, 2.75) is 162 Å². The van der Waals surface area contributed by atoms with Gasteiger partial charge in [0.15, 0.2) is 6.10 Å². The lowest BCUT2D eigenvalue weighted by Gasteiger charge is -2.29. The van der Waals surface area contributed by atoms with Crippen molar-refractivity contribution >= 4 is 65.0 Å². The van der Waals surface area contributed by atoms with Gasteiger partial charge in [0.2, 0.25) is 35.4 Å². The number of benzene rings is 2. The maximum Gasteiger partial charge on any atom is 0.347 e. The minimum absolute atomic E-state index is 0.0586. The molecule has 0 saturated carbocycles. The molecule has 7 N–H and O–H groups in total. The highest BCUT2D eigenvalue weighted by Crippen LogP contribution is 2.45. The monoisotopic (exact) mass is 1260 g/mol. The fraction of sp³-hybridized carbons (Fsp3) is 0.635. The number of methoxy groups -OCH3 is 2. The molecular weight excluding hydrogens is 1160 g/mol. The number of rotatable bonds is 36. The summed E-state index contributed by atoms with van der Waals surface area (Å²) in [6.07, 6.45) is 1.15. The Kier molecular flexibility index (Phi) is 32.4. The molecule has 4 rings (SSSR count). The van der Waals surface area contributed by atoms with E-state index in [1.165, 1.54) is 13.2 Å². The Labute approximate surface area is 521 Å². The first-order valence-electron chi connectivity index (χ1n) is 30.2. The van der Waals surface area contributed by atoms with Crippen LogP contribution < -0.4 is 36.6 Å². The van der Waals surface area contributed by atoms with Crippen LogP contribution in [0.15, 0.2) is 54.6 Å². The van der Waals surface area contributed by atoms with Crippen LogP contribution in [0.25, 0.3) is 0 Å². The number of carboxylic acid groups (broad SMARTS) is 1. The second kappa shape index (κ2) is 38.7. The van der Waals surface area contributed by atoms with Crippen molar-refractivity contribution in [2.75, 3.05) is 73.6 Å². The molecule has 0 aromatic heterocycles. The van der Waals surface area contributed by atoms with Crippen LogP contribution in [0.4, 0.5) is 0 Å². The third kappa shape index (κ3) is 27.0. The van der Waals surface area contributed by atoms with Gasteiger partial charge in [0, 0.05) is 64.8 Å². The largest absolute Gasteiger partial charge is 0.495 e. The van der Waals surface area contributed by atoms with Crippen molar-refractivity contribution < 1.29 is 86.2 Å². The van der Waals surface area contributed by atoms with E-state index in [9.17, 15) is 43.2 Å². The molecule has 88 heavy (non-hydrogen) atoms. The van der Waals surface area contributed by atoms with Gasteiger partial charge in [-0.1, -0.05) is 82.6 Å². The lowest BCUT2D eigenvalue weighted by atomic mass is 9.92. The number of cyclic esters (lactones) is 2. The number of epoxide rings is 1. The second-order valence-corrected chi connectivity index (χ2v) is 23.7. The number of hydrogen-bond donors (Lipinski definition) is 7. The highest BCUT2D eigenvalue weighted by atomic mass is 35.5. The average molecular weight is 1260 g/mol. The second-order valence-electron chi connectivity index (χ2n) is 23.3. The predicted molar refractivity (Wildman–Crippen MR) is 324 cm³/mol. The fourth-order valence-electron chi connectivity index (χ4n) is 9.31. The summed E-state index contributed by atoms with van der Waals surface area (Å²) >= 11 is 6.40. The molecule has 2 heterocycles. The van der Waals surface area contributed by atoms with Crippen LogP contribution in [-0.4, -0.2) is 168 Å². The van der Waals surface area contributed by atoms with Gasteiger partial charge in [-0.2, -0.15) is 0 Å². The van der Waals surface area contributed by atoms with Gasteiger partial charge in [0.05, 0.1) is 69.9 Å². The normalized spacial score (nSPS) is 20.3. The summed E-state index contributed by atoms with van der Waals surface area (Å²) in [7, 11) is 3.08.